The van der Waals surface area contributed by atoms with Crippen molar-refractivity contribution in [1.82, 2.24) is 30.3 Å². The van der Waals surface area contributed by atoms with Crippen molar-refractivity contribution >= 4 is 29.9 Å². The predicted octanol–water partition coefficient (Wildman–Crippen LogP) is 1.46. The van der Waals surface area contributed by atoms with Crippen LogP contribution < -0.4 is 10.6 Å². The van der Waals surface area contributed by atoms with E-state index >= 15 is 0 Å². The van der Waals surface area contributed by atoms with E-state index in [1.807, 2.05) is 12.3 Å². The Morgan fingerprint density at radius 2 is 1.97 bits per heavy atom. The van der Waals surface area contributed by atoms with Gasteiger partial charge in [-0.15, -0.1) is 24.0 Å². The van der Waals surface area contributed by atoms with Crippen LogP contribution >= 0.6 is 24.0 Å². The number of rotatable bonds is 6. The van der Waals surface area contributed by atoms with Crippen LogP contribution in [0.4, 0.5) is 0 Å². The smallest absolute Gasteiger partial charge is 0.191 e. The number of aliphatic imine (C=N–C) groups is 1. The lowest BCUT2D eigenvalue weighted by Gasteiger charge is -2.37. The number of piperidine rings is 1. The summed E-state index contributed by atoms with van der Waals surface area (Å²) in [5, 5.41) is 7.10. The van der Waals surface area contributed by atoms with Crippen LogP contribution in [0.25, 0.3) is 0 Å². The van der Waals surface area contributed by atoms with Crippen LogP contribution in [-0.4, -0.2) is 97.6 Å². The molecule has 1 unspecified atom stereocenters. The second kappa shape index (κ2) is 12.7. The Morgan fingerprint density at radius 1 is 1.17 bits per heavy atom. The summed E-state index contributed by atoms with van der Waals surface area (Å²) in [7, 11) is 4.41. The molecule has 2 saturated heterocycles. The second-order valence-electron chi connectivity index (χ2n) is 8.13. The third-order valence-electron chi connectivity index (χ3n) is 5.82. The average molecular weight is 515 g/mol. The van der Waals surface area contributed by atoms with Gasteiger partial charge in [-0.25, -0.2) is 0 Å². The van der Waals surface area contributed by atoms with Crippen LogP contribution in [0.2, 0.25) is 0 Å². The van der Waals surface area contributed by atoms with Gasteiger partial charge in [0.1, 0.15) is 0 Å². The Labute approximate surface area is 193 Å². The molecular weight excluding hydrogens is 477 g/mol. The molecule has 8 heteroatoms. The summed E-state index contributed by atoms with van der Waals surface area (Å²) in [6, 6.07) is 7.14. The van der Waals surface area contributed by atoms with Crippen LogP contribution in [0.3, 0.4) is 0 Å². The van der Waals surface area contributed by atoms with Crippen molar-refractivity contribution < 1.29 is 0 Å². The van der Waals surface area contributed by atoms with Crippen molar-refractivity contribution in [2.45, 2.75) is 38.4 Å². The first-order chi connectivity index (χ1) is 13.6. The fourth-order valence-corrected chi connectivity index (χ4v) is 3.96. The van der Waals surface area contributed by atoms with Crippen LogP contribution in [0, 0.1) is 0 Å². The van der Waals surface area contributed by atoms with Crippen LogP contribution in [0.5, 0.6) is 0 Å². The zero-order valence-electron chi connectivity index (χ0n) is 18.2. The Balaban J connectivity index is 0.00000300. The molecule has 0 aliphatic carbocycles. The highest BCUT2D eigenvalue weighted by Crippen LogP contribution is 2.13. The van der Waals surface area contributed by atoms with Gasteiger partial charge >= 0.3 is 0 Å². The fraction of sp³-hybridized carbons (Fsp3) is 0.714. The maximum absolute atomic E-state index is 4.91. The van der Waals surface area contributed by atoms with Crippen LogP contribution in [-0.2, 0) is 6.54 Å². The fourth-order valence-electron chi connectivity index (χ4n) is 3.96. The molecule has 2 fully saturated rings. The van der Waals surface area contributed by atoms with Gasteiger partial charge in [0.15, 0.2) is 5.96 Å². The molecule has 2 aliphatic heterocycles. The summed E-state index contributed by atoms with van der Waals surface area (Å²) in [4.78, 5) is 16.7. The van der Waals surface area contributed by atoms with Crippen molar-refractivity contribution in [3.63, 3.8) is 0 Å². The first-order valence-corrected chi connectivity index (χ1v) is 10.7. The Morgan fingerprint density at radius 3 is 2.66 bits per heavy atom. The second-order valence-corrected chi connectivity index (χ2v) is 8.13. The summed E-state index contributed by atoms with van der Waals surface area (Å²) in [6.45, 7) is 10.4. The van der Waals surface area contributed by atoms with Gasteiger partial charge in [-0.3, -0.25) is 19.8 Å². The molecule has 7 nitrogen and oxygen atoms in total. The number of nitrogens with one attached hydrogen (secondary N) is 2. The standard InChI is InChI=1S/C21H37N7.HI/c1-4-22-21(24-15-20-17-26(2)13-14-27(20)3)25-18-8-11-28(12-9-18)16-19-7-5-6-10-23-19;/h5-7,10,18,20H,4,8-9,11-17H2,1-3H3,(H2,22,24,25);1H. The molecule has 0 bridgehead atoms. The van der Waals surface area contributed by atoms with E-state index in [2.05, 4.69) is 63.5 Å². The van der Waals surface area contributed by atoms with Gasteiger partial charge in [0.2, 0.25) is 0 Å². The third kappa shape index (κ3) is 7.99. The number of guanidine groups is 1. The topological polar surface area (TPSA) is 59.0 Å². The maximum atomic E-state index is 4.91. The summed E-state index contributed by atoms with van der Waals surface area (Å²) < 4.78 is 0. The molecule has 0 radical (unpaired) electrons. The van der Waals surface area contributed by atoms with E-state index in [9.17, 15) is 0 Å². The highest BCUT2D eigenvalue weighted by Gasteiger charge is 2.23. The number of likely N-dealkylation sites (N-methyl/N-ethyl adjacent to an activating group) is 2. The van der Waals surface area contributed by atoms with E-state index in [1.165, 1.54) is 0 Å². The molecule has 0 saturated carbocycles. The molecule has 0 aromatic carbocycles. The minimum atomic E-state index is 0. The van der Waals surface area contributed by atoms with Crippen molar-refractivity contribution in [2.75, 3.05) is 59.9 Å². The van der Waals surface area contributed by atoms with E-state index in [0.717, 1.165) is 76.9 Å². The molecule has 3 rings (SSSR count). The number of hydrogen-bond donors (Lipinski definition) is 2. The number of pyridine rings is 1. The third-order valence-corrected chi connectivity index (χ3v) is 5.82. The lowest BCUT2D eigenvalue weighted by Crippen LogP contribution is -2.52. The molecule has 2 N–H and O–H groups in total. The lowest BCUT2D eigenvalue weighted by atomic mass is 10.0. The minimum Gasteiger partial charge on any atom is -0.357 e. The molecule has 0 amide bonds. The summed E-state index contributed by atoms with van der Waals surface area (Å²) >= 11 is 0. The monoisotopic (exact) mass is 515 g/mol. The number of piperazine rings is 1. The van der Waals surface area contributed by atoms with Gasteiger partial charge in [0.25, 0.3) is 0 Å². The first-order valence-electron chi connectivity index (χ1n) is 10.7. The average Bonchev–Trinajstić information content (AvgIpc) is 2.71. The lowest BCUT2D eigenvalue weighted by molar-refractivity contribution is 0.119. The quantitative estimate of drug-likeness (QED) is 0.340. The zero-order chi connectivity index (χ0) is 19.8. The highest BCUT2D eigenvalue weighted by molar-refractivity contribution is 14.0. The van der Waals surface area contributed by atoms with Crippen molar-refractivity contribution in [1.29, 1.82) is 0 Å². The minimum absolute atomic E-state index is 0. The van der Waals surface area contributed by atoms with Gasteiger partial charge < -0.3 is 15.5 Å². The van der Waals surface area contributed by atoms with E-state index in [0.29, 0.717) is 12.1 Å². The Kier molecular flexibility index (Phi) is 10.6. The molecule has 2 aliphatic rings. The van der Waals surface area contributed by atoms with Gasteiger partial charge in [0, 0.05) is 64.1 Å². The number of halogens is 1. The van der Waals surface area contributed by atoms with Gasteiger partial charge in [0.05, 0.1) is 12.2 Å². The molecule has 164 valence electrons. The molecule has 0 spiro atoms. The van der Waals surface area contributed by atoms with Crippen LogP contribution in [0.15, 0.2) is 29.4 Å². The molecule has 1 aromatic rings. The summed E-state index contributed by atoms with van der Waals surface area (Å²) in [5.74, 6) is 0.965. The molecule has 29 heavy (non-hydrogen) atoms. The van der Waals surface area contributed by atoms with Crippen LogP contribution in [0.1, 0.15) is 25.5 Å². The SMILES string of the molecule is CCNC(=NCC1CN(C)CCN1C)NC1CCN(Cc2ccccn2)CC1.I. The zero-order valence-corrected chi connectivity index (χ0v) is 20.5. The summed E-state index contributed by atoms with van der Waals surface area (Å²) in [5.41, 5.74) is 1.16. The van der Waals surface area contributed by atoms with E-state index in [4.69, 9.17) is 4.99 Å². The molecule has 3 heterocycles. The molecule has 1 atom stereocenters. The van der Waals surface area contributed by atoms with E-state index in [1.54, 1.807) is 0 Å². The van der Waals surface area contributed by atoms with Crippen molar-refractivity contribution in [2.24, 2.45) is 4.99 Å². The Hall–Kier alpha value is -0.970. The van der Waals surface area contributed by atoms with Gasteiger partial charge in [-0.1, -0.05) is 6.07 Å². The number of nitrogens with zero attached hydrogens (tertiary/aromatic N) is 5. The van der Waals surface area contributed by atoms with E-state index < -0.39 is 0 Å². The molecule has 1 aromatic heterocycles. The number of likely N-dealkylation sites (tertiary alicyclic amines) is 1. The largest absolute Gasteiger partial charge is 0.357 e. The number of hydrogen-bond acceptors (Lipinski definition) is 5. The van der Waals surface area contributed by atoms with Gasteiger partial charge in [-0.2, -0.15) is 0 Å². The summed E-state index contributed by atoms with van der Waals surface area (Å²) in [6.07, 6.45) is 4.16. The normalized spacial score (nSPS) is 22.9. The van der Waals surface area contributed by atoms with E-state index in [-0.39, 0.29) is 24.0 Å². The van der Waals surface area contributed by atoms with Crippen molar-refractivity contribution in [3.05, 3.63) is 30.1 Å². The first kappa shape index (κ1) is 24.3. The number of aromatic nitrogens is 1. The molecular formula is C21H38IN7. The highest BCUT2D eigenvalue weighted by atomic mass is 127. The Bertz CT molecular complexity index is 604. The maximum Gasteiger partial charge on any atom is 0.191 e. The van der Waals surface area contributed by atoms with Gasteiger partial charge in [-0.05, 0) is 46.0 Å². The van der Waals surface area contributed by atoms with Crippen molar-refractivity contribution in [3.8, 4) is 0 Å². The predicted molar refractivity (Wildman–Crippen MR) is 131 cm³/mol.